The molecule has 0 aromatic carbocycles. The minimum absolute atomic E-state index is 0.0430. The van der Waals surface area contributed by atoms with E-state index in [0.29, 0.717) is 6.54 Å². The van der Waals surface area contributed by atoms with E-state index in [4.69, 9.17) is 0 Å². The largest absolute Gasteiger partial charge is 0.347 e. The van der Waals surface area contributed by atoms with Crippen LogP contribution in [0.25, 0.3) is 0 Å². The van der Waals surface area contributed by atoms with Crippen molar-refractivity contribution in [2.24, 2.45) is 4.99 Å². The van der Waals surface area contributed by atoms with Crippen LogP contribution in [0.2, 0.25) is 0 Å². The maximum absolute atomic E-state index is 12.3. The Hall–Kier alpha value is -2.37. The molecule has 0 spiro atoms. The van der Waals surface area contributed by atoms with Crippen molar-refractivity contribution in [2.45, 2.75) is 32.1 Å². The summed E-state index contributed by atoms with van der Waals surface area (Å²) in [6, 6.07) is 5.83. The number of aliphatic imine (C=N–C) groups is 1. The van der Waals surface area contributed by atoms with Gasteiger partial charge < -0.3 is 15.1 Å². The molecule has 0 saturated heterocycles. The summed E-state index contributed by atoms with van der Waals surface area (Å²) in [5, 5.41) is 3.15. The van der Waals surface area contributed by atoms with E-state index in [1.54, 1.807) is 18.1 Å². The van der Waals surface area contributed by atoms with Gasteiger partial charge in [0.05, 0.1) is 6.54 Å². The molecule has 0 bridgehead atoms. The van der Waals surface area contributed by atoms with E-state index in [1.165, 1.54) is 12.8 Å². The third-order valence-corrected chi connectivity index (χ3v) is 4.23. The zero-order valence-corrected chi connectivity index (χ0v) is 16.4. The molecule has 0 saturated carbocycles. The number of guanidine groups is 1. The number of amides is 1. The minimum atomic E-state index is 0.0430. The zero-order valence-electron chi connectivity index (χ0n) is 16.4. The van der Waals surface area contributed by atoms with Gasteiger partial charge >= 0.3 is 0 Å². The first kappa shape index (κ1) is 21.7. The monoisotopic (exact) mass is 359 g/mol. The highest BCUT2D eigenvalue weighted by Gasteiger charge is 2.11. The van der Waals surface area contributed by atoms with E-state index in [1.807, 2.05) is 38.4 Å². The predicted molar refractivity (Wildman–Crippen MR) is 108 cm³/mol. The fourth-order valence-corrected chi connectivity index (χ4v) is 2.55. The highest BCUT2D eigenvalue weighted by molar-refractivity contribution is 5.86. The van der Waals surface area contributed by atoms with E-state index >= 15 is 0 Å². The minimum Gasteiger partial charge on any atom is -0.347 e. The molecule has 1 heterocycles. The number of hydrogen-bond acceptors (Lipinski definition) is 3. The number of rotatable bonds is 11. The van der Waals surface area contributed by atoms with Gasteiger partial charge in [0.25, 0.3) is 0 Å². The molecule has 1 aromatic heterocycles. The maximum atomic E-state index is 12.3. The molecule has 1 N–H and O–H groups in total. The molecule has 0 aliphatic carbocycles. The number of hydrogen-bond donors (Lipinski definition) is 1. The number of carbonyl (C=O) groups is 1. The van der Waals surface area contributed by atoms with Crippen molar-refractivity contribution in [3.05, 3.63) is 42.7 Å². The van der Waals surface area contributed by atoms with E-state index in [9.17, 15) is 4.79 Å². The van der Waals surface area contributed by atoms with Crippen LogP contribution in [0, 0.1) is 0 Å². The second-order valence-corrected chi connectivity index (χ2v) is 6.35. The number of nitrogens with one attached hydrogen (secondary N) is 1. The molecule has 144 valence electrons. The number of nitrogens with zero attached hydrogens (tertiary/aromatic N) is 4. The topological polar surface area (TPSA) is 60.8 Å². The molecule has 6 nitrogen and oxygen atoms in total. The van der Waals surface area contributed by atoms with Crippen LogP contribution in [0.15, 0.2) is 42.0 Å². The molecule has 26 heavy (non-hydrogen) atoms. The first-order valence-electron chi connectivity index (χ1n) is 9.25. The Morgan fingerprint density at radius 3 is 2.69 bits per heavy atom. The number of aromatic nitrogens is 1. The van der Waals surface area contributed by atoms with Gasteiger partial charge in [0, 0.05) is 52.5 Å². The Morgan fingerprint density at radius 2 is 2.04 bits per heavy atom. The predicted octanol–water partition coefficient (Wildman–Crippen LogP) is 2.34. The van der Waals surface area contributed by atoms with Gasteiger partial charge in [-0.1, -0.05) is 18.6 Å². The summed E-state index contributed by atoms with van der Waals surface area (Å²) in [7, 11) is 5.56. The van der Waals surface area contributed by atoms with E-state index in [2.05, 4.69) is 26.8 Å². The first-order chi connectivity index (χ1) is 12.6. The fourth-order valence-electron chi connectivity index (χ4n) is 2.55. The molecule has 0 aliphatic heterocycles. The van der Waals surface area contributed by atoms with Gasteiger partial charge in [-0.2, -0.15) is 0 Å². The normalized spacial score (nSPS) is 11.1. The summed E-state index contributed by atoms with van der Waals surface area (Å²) in [6.07, 6.45) is 8.99. The second kappa shape index (κ2) is 12.9. The number of unbranched alkanes of at least 4 members (excludes halogenated alkanes) is 3. The number of likely N-dealkylation sites (N-methyl/N-ethyl adjacent to an activating group) is 1. The maximum Gasteiger partial charge on any atom is 0.241 e. The summed E-state index contributed by atoms with van der Waals surface area (Å²) in [6.45, 7) is 5.55. The Kier molecular flexibility index (Phi) is 10.8. The molecule has 0 radical (unpaired) electrons. The third-order valence-electron chi connectivity index (χ3n) is 4.23. The number of carbonyl (C=O) groups excluding carboxylic acids is 1. The van der Waals surface area contributed by atoms with Crippen molar-refractivity contribution in [2.75, 3.05) is 40.8 Å². The van der Waals surface area contributed by atoms with E-state index in [0.717, 1.165) is 37.5 Å². The van der Waals surface area contributed by atoms with Crippen molar-refractivity contribution in [1.29, 1.82) is 0 Å². The Balaban J connectivity index is 2.30. The Bertz CT molecular complexity index is 559. The SMILES string of the molecule is C=CCCCCCN(C)C(=NC)NCC(=O)N(C)CCc1ccccn1. The zero-order chi connectivity index (χ0) is 19.2. The summed E-state index contributed by atoms with van der Waals surface area (Å²) in [5.41, 5.74) is 0.993. The smallest absolute Gasteiger partial charge is 0.241 e. The van der Waals surface area contributed by atoms with Gasteiger partial charge in [-0.15, -0.1) is 6.58 Å². The molecule has 1 aromatic rings. The average Bonchev–Trinajstić information content (AvgIpc) is 2.67. The molecule has 1 amide bonds. The van der Waals surface area contributed by atoms with Crippen molar-refractivity contribution in [3.8, 4) is 0 Å². The van der Waals surface area contributed by atoms with E-state index in [-0.39, 0.29) is 12.5 Å². The van der Waals surface area contributed by atoms with Crippen molar-refractivity contribution in [3.63, 3.8) is 0 Å². The lowest BCUT2D eigenvalue weighted by Crippen LogP contribution is -2.45. The fraction of sp³-hybridized carbons (Fsp3) is 0.550. The quantitative estimate of drug-likeness (QED) is 0.285. The van der Waals surface area contributed by atoms with Crippen LogP contribution in [0.1, 0.15) is 31.4 Å². The molecule has 0 fully saturated rings. The highest BCUT2D eigenvalue weighted by Crippen LogP contribution is 2.02. The molecule has 0 unspecified atom stereocenters. The molecular formula is C20H33N5O. The van der Waals surface area contributed by atoms with Gasteiger partial charge in [0.2, 0.25) is 5.91 Å². The molecular weight excluding hydrogens is 326 g/mol. The summed E-state index contributed by atoms with van der Waals surface area (Å²) in [4.78, 5) is 24.6. The Morgan fingerprint density at radius 1 is 1.23 bits per heavy atom. The number of pyridine rings is 1. The van der Waals surface area contributed by atoms with E-state index < -0.39 is 0 Å². The first-order valence-corrected chi connectivity index (χ1v) is 9.25. The lowest BCUT2D eigenvalue weighted by atomic mass is 10.2. The summed E-state index contributed by atoms with van der Waals surface area (Å²) >= 11 is 0. The highest BCUT2D eigenvalue weighted by atomic mass is 16.2. The molecule has 6 heteroatoms. The van der Waals surface area contributed by atoms with Crippen molar-refractivity contribution < 1.29 is 4.79 Å². The van der Waals surface area contributed by atoms with Crippen LogP contribution in [-0.4, -0.2) is 67.4 Å². The van der Waals surface area contributed by atoms with Gasteiger partial charge in [0.1, 0.15) is 0 Å². The van der Waals surface area contributed by atoms with Crippen molar-refractivity contribution >= 4 is 11.9 Å². The van der Waals surface area contributed by atoms with Crippen LogP contribution in [0.5, 0.6) is 0 Å². The van der Waals surface area contributed by atoms with Gasteiger partial charge in [-0.3, -0.25) is 14.8 Å². The number of allylic oxidation sites excluding steroid dienone is 1. The van der Waals surface area contributed by atoms with Crippen LogP contribution in [0.3, 0.4) is 0 Å². The lowest BCUT2D eigenvalue weighted by molar-refractivity contribution is -0.128. The summed E-state index contributed by atoms with van der Waals surface area (Å²) in [5.74, 6) is 0.793. The van der Waals surface area contributed by atoms with Crippen LogP contribution < -0.4 is 5.32 Å². The Labute approximate surface area is 158 Å². The average molecular weight is 360 g/mol. The molecule has 0 aliphatic rings. The standard InChI is InChI=1S/C20H33N5O/c1-5-6-7-8-11-15-25(4)20(21-2)23-17-19(26)24(3)16-13-18-12-9-10-14-22-18/h5,9-10,12,14H,1,6-8,11,13,15-17H2,2-4H3,(H,21,23). The van der Waals surface area contributed by atoms with Crippen molar-refractivity contribution in [1.82, 2.24) is 20.1 Å². The van der Waals surface area contributed by atoms with Gasteiger partial charge in [0.15, 0.2) is 5.96 Å². The molecule has 1 rings (SSSR count). The van der Waals surface area contributed by atoms with Crippen LogP contribution >= 0.6 is 0 Å². The van der Waals surface area contributed by atoms with Crippen LogP contribution in [0.4, 0.5) is 0 Å². The molecule has 0 atom stereocenters. The third kappa shape index (κ3) is 8.65. The second-order valence-electron chi connectivity index (χ2n) is 6.35. The summed E-state index contributed by atoms with van der Waals surface area (Å²) < 4.78 is 0. The lowest BCUT2D eigenvalue weighted by Gasteiger charge is -2.23. The van der Waals surface area contributed by atoms with Gasteiger partial charge in [-0.25, -0.2) is 0 Å². The van der Waals surface area contributed by atoms with Gasteiger partial charge in [-0.05, 0) is 31.4 Å². The van der Waals surface area contributed by atoms with Crippen LogP contribution in [-0.2, 0) is 11.2 Å².